The summed E-state index contributed by atoms with van der Waals surface area (Å²) in [5, 5.41) is 12.0. The lowest BCUT2D eigenvalue weighted by Crippen LogP contribution is -2.51. The van der Waals surface area contributed by atoms with Crippen LogP contribution in [0.1, 0.15) is 55.7 Å². The molecule has 0 unspecified atom stereocenters. The Labute approximate surface area is 254 Å². The Balaban J connectivity index is 1.15. The van der Waals surface area contributed by atoms with Gasteiger partial charge in [0.2, 0.25) is 0 Å². The fourth-order valence-electron chi connectivity index (χ4n) is 5.41. The molecular formula is C32H36F3N5O4. The summed E-state index contributed by atoms with van der Waals surface area (Å²) in [5.74, 6) is -0.488. The highest BCUT2D eigenvalue weighted by Crippen LogP contribution is 2.37. The predicted molar refractivity (Wildman–Crippen MR) is 158 cm³/mol. The van der Waals surface area contributed by atoms with Crippen LogP contribution in [-0.2, 0) is 22.3 Å². The van der Waals surface area contributed by atoms with Gasteiger partial charge in [-0.1, -0.05) is 25.0 Å². The molecule has 2 heterocycles. The number of carbonyl (C=O) groups is 3. The number of hydrogen-bond donors (Lipinski definition) is 1. The zero-order chi connectivity index (χ0) is 31.9. The van der Waals surface area contributed by atoms with Gasteiger partial charge in [0.25, 0.3) is 11.8 Å². The molecule has 0 atom stereocenters. The molecule has 0 radical (unpaired) electrons. The number of urea groups is 1. The second-order valence-corrected chi connectivity index (χ2v) is 10.9. The van der Waals surface area contributed by atoms with Gasteiger partial charge in [-0.05, 0) is 68.6 Å². The van der Waals surface area contributed by atoms with E-state index in [2.05, 4.69) is 10.2 Å². The Hall–Kier alpha value is -4.37. The Bertz CT molecular complexity index is 1440. The van der Waals surface area contributed by atoms with Crippen LogP contribution >= 0.6 is 0 Å². The van der Waals surface area contributed by atoms with E-state index in [0.29, 0.717) is 44.1 Å². The third-order valence-corrected chi connectivity index (χ3v) is 8.04. The van der Waals surface area contributed by atoms with E-state index in [4.69, 9.17) is 10.00 Å². The number of rotatable bonds is 11. The lowest BCUT2D eigenvalue weighted by atomic mass is 10.0. The Morgan fingerprint density at radius 1 is 0.977 bits per heavy atom. The molecule has 44 heavy (non-hydrogen) atoms. The Kier molecular flexibility index (Phi) is 10.7. The van der Waals surface area contributed by atoms with Crippen LogP contribution in [0.4, 0.5) is 23.7 Å². The number of ether oxygens (including phenoxy) is 1. The van der Waals surface area contributed by atoms with E-state index in [0.717, 1.165) is 61.2 Å². The molecule has 2 aliphatic rings. The van der Waals surface area contributed by atoms with Crippen molar-refractivity contribution < 1.29 is 32.3 Å². The van der Waals surface area contributed by atoms with Crippen molar-refractivity contribution in [2.24, 2.45) is 0 Å². The van der Waals surface area contributed by atoms with Crippen molar-refractivity contribution in [3.63, 3.8) is 0 Å². The number of alkyl halides is 3. The Morgan fingerprint density at radius 2 is 1.66 bits per heavy atom. The molecule has 2 aromatic carbocycles. The van der Waals surface area contributed by atoms with E-state index < -0.39 is 29.1 Å². The van der Waals surface area contributed by atoms with E-state index in [9.17, 15) is 27.6 Å². The lowest BCUT2D eigenvalue weighted by molar-refractivity contribution is -0.138. The van der Waals surface area contributed by atoms with Crippen LogP contribution in [0.15, 0.2) is 53.6 Å². The smallest absolute Gasteiger partial charge is 0.417 e. The summed E-state index contributed by atoms with van der Waals surface area (Å²) in [7, 11) is 1.61. The van der Waals surface area contributed by atoms with Crippen LogP contribution < -0.4 is 15.0 Å². The van der Waals surface area contributed by atoms with Crippen LogP contribution in [0.2, 0.25) is 0 Å². The summed E-state index contributed by atoms with van der Waals surface area (Å²) in [4.78, 5) is 43.3. The molecule has 0 aromatic heterocycles. The van der Waals surface area contributed by atoms with Crippen molar-refractivity contribution >= 4 is 23.5 Å². The number of anilines is 1. The van der Waals surface area contributed by atoms with E-state index in [1.807, 2.05) is 29.2 Å². The van der Waals surface area contributed by atoms with Gasteiger partial charge in [0.05, 0.1) is 30.0 Å². The van der Waals surface area contributed by atoms with Gasteiger partial charge in [0.1, 0.15) is 5.75 Å². The molecular weight excluding hydrogens is 575 g/mol. The number of hydrogen-bond acceptors (Lipinski definition) is 6. The Morgan fingerprint density at radius 3 is 2.30 bits per heavy atom. The molecule has 4 amide bonds. The maximum Gasteiger partial charge on any atom is 0.417 e. The van der Waals surface area contributed by atoms with E-state index in [1.165, 1.54) is 19.1 Å². The van der Waals surface area contributed by atoms with Gasteiger partial charge in [-0.2, -0.15) is 18.4 Å². The van der Waals surface area contributed by atoms with Crippen molar-refractivity contribution in [3.05, 3.63) is 70.3 Å². The highest BCUT2D eigenvalue weighted by Gasteiger charge is 2.39. The van der Waals surface area contributed by atoms with Crippen molar-refractivity contribution in [3.8, 4) is 11.8 Å². The molecule has 234 valence electrons. The molecule has 0 bridgehead atoms. The molecule has 0 saturated carbocycles. The minimum absolute atomic E-state index is 0.0800. The zero-order valence-electron chi connectivity index (χ0n) is 24.9. The van der Waals surface area contributed by atoms with E-state index in [-0.39, 0.29) is 17.3 Å². The van der Waals surface area contributed by atoms with Crippen molar-refractivity contribution in [1.82, 2.24) is 15.1 Å². The van der Waals surface area contributed by atoms with Crippen LogP contribution in [0.25, 0.3) is 0 Å². The summed E-state index contributed by atoms with van der Waals surface area (Å²) < 4.78 is 45.4. The summed E-state index contributed by atoms with van der Waals surface area (Å²) in [6.07, 6.45) is -1.06. The minimum atomic E-state index is -4.79. The number of nitrogens with zero attached hydrogens (tertiary/aromatic N) is 4. The standard InChI is InChI=1S/C32H36F3N5O4/c1-22-27(30(42)40(29(22)41)25-11-10-24(20-36)28(19-25)32(33,34)35)7-5-3-4-6-14-38-15-17-39(18-16-38)31(43)37-21-23-8-12-26(44-2)13-9-23/h8-13,19H,3-7,14-18,21H2,1-2H3,(H,37,43). The highest BCUT2D eigenvalue weighted by molar-refractivity contribution is 6.32. The number of nitriles is 1. The van der Waals surface area contributed by atoms with Gasteiger partial charge in [0.15, 0.2) is 0 Å². The molecule has 1 saturated heterocycles. The van der Waals surface area contributed by atoms with Gasteiger partial charge < -0.3 is 15.0 Å². The molecule has 0 spiro atoms. The van der Waals surface area contributed by atoms with E-state index in [1.54, 1.807) is 7.11 Å². The summed E-state index contributed by atoms with van der Waals surface area (Å²) in [5.41, 5.74) is -0.406. The van der Waals surface area contributed by atoms with Crippen LogP contribution in [0.3, 0.4) is 0 Å². The molecule has 1 N–H and O–H groups in total. The number of amides is 4. The van der Waals surface area contributed by atoms with E-state index >= 15 is 0 Å². The maximum atomic E-state index is 13.4. The van der Waals surface area contributed by atoms with Crippen molar-refractivity contribution in [2.75, 3.05) is 44.7 Å². The van der Waals surface area contributed by atoms with Crippen molar-refractivity contribution in [1.29, 1.82) is 5.26 Å². The molecule has 9 nitrogen and oxygen atoms in total. The average molecular weight is 612 g/mol. The SMILES string of the molecule is COc1ccc(CNC(=O)N2CCN(CCCCCCC3=C(C)C(=O)N(c4ccc(C#N)c(C(F)(F)F)c4)C3=O)CC2)cc1. The summed E-state index contributed by atoms with van der Waals surface area (Å²) in [6.45, 7) is 5.75. The first-order chi connectivity index (χ1) is 21.0. The number of unbranched alkanes of at least 4 members (excludes halogenated alkanes) is 3. The first-order valence-corrected chi connectivity index (χ1v) is 14.6. The maximum absolute atomic E-state index is 13.4. The van der Waals surface area contributed by atoms with Gasteiger partial charge >= 0.3 is 12.2 Å². The van der Waals surface area contributed by atoms with Crippen LogP contribution in [0.5, 0.6) is 5.75 Å². The lowest BCUT2D eigenvalue weighted by Gasteiger charge is -2.34. The number of benzene rings is 2. The molecule has 2 aromatic rings. The fourth-order valence-corrected chi connectivity index (χ4v) is 5.41. The van der Waals surface area contributed by atoms with Gasteiger partial charge in [-0.25, -0.2) is 9.69 Å². The largest absolute Gasteiger partial charge is 0.497 e. The topological polar surface area (TPSA) is 106 Å². The molecule has 1 fully saturated rings. The predicted octanol–water partition coefficient (Wildman–Crippen LogP) is 5.25. The van der Waals surface area contributed by atoms with Crippen molar-refractivity contribution in [2.45, 2.75) is 51.7 Å². The normalized spacial score (nSPS) is 16.0. The molecule has 2 aliphatic heterocycles. The van der Waals surface area contributed by atoms with Crippen LogP contribution in [0, 0.1) is 11.3 Å². The van der Waals surface area contributed by atoms with Gasteiger partial charge in [-0.3, -0.25) is 14.5 Å². The minimum Gasteiger partial charge on any atom is -0.497 e. The monoisotopic (exact) mass is 611 g/mol. The third-order valence-electron chi connectivity index (χ3n) is 8.04. The second-order valence-electron chi connectivity index (χ2n) is 10.9. The third kappa shape index (κ3) is 7.77. The molecule has 0 aliphatic carbocycles. The van der Waals surface area contributed by atoms with Crippen LogP contribution in [-0.4, -0.2) is 67.5 Å². The molecule has 4 rings (SSSR count). The summed E-state index contributed by atoms with van der Waals surface area (Å²) >= 11 is 0. The quantitative estimate of drug-likeness (QED) is 0.275. The number of piperazine rings is 1. The number of methoxy groups -OCH3 is 1. The summed E-state index contributed by atoms with van der Waals surface area (Å²) in [6, 6.07) is 11.8. The number of imide groups is 1. The number of nitrogens with one attached hydrogen (secondary N) is 1. The first-order valence-electron chi connectivity index (χ1n) is 14.6. The van der Waals surface area contributed by atoms with Gasteiger partial charge in [-0.15, -0.1) is 0 Å². The number of carbonyl (C=O) groups excluding carboxylic acids is 3. The highest BCUT2D eigenvalue weighted by atomic mass is 19.4. The fraction of sp³-hybridized carbons (Fsp3) is 0.438. The zero-order valence-corrected chi connectivity index (χ0v) is 24.9. The first kappa shape index (κ1) is 32.5. The molecule has 12 heteroatoms. The average Bonchev–Trinajstić information content (AvgIpc) is 3.23. The van der Waals surface area contributed by atoms with Gasteiger partial charge in [0, 0.05) is 43.9 Å². The second kappa shape index (κ2) is 14.4. The number of halogens is 3.